The first-order chi connectivity index (χ1) is 16.1. The number of nitrogens with zero attached hydrogens (tertiary/aromatic N) is 5. The molecule has 2 heterocycles. The average molecular weight is 466 g/mol. The highest BCUT2D eigenvalue weighted by Gasteiger charge is 2.28. The van der Waals surface area contributed by atoms with Crippen molar-refractivity contribution < 1.29 is 9.53 Å². The molecule has 0 radical (unpaired) electrons. The number of amides is 1. The van der Waals surface area contributed by atoms with Gasteiger partial charge in [0.15, 0.2) is 11.0 Å². The Morgan fingerprint density at radius 3 is 2.48 bits per heavy atom. The highest BCUT2D eigenvalue weighted by molar-refractivity contribution is 8.00. The average Bonchev–Trinajstić information content (AvgIpc) is 3.28. The van der Waals surface area contributed by atoms with Gasteiger partial charge in [-0.05, 0) is 63.1 Å². The Hall–Kier alpha value is -2.87. The van der Waals surface area contributed by atoms with E-state index in [2.05, 4.69) is 15.2 Å². The maximum absolute atomic E-state index is 13.2. The third-order valence-electron chi connectivity index (χ3n) is 6.08. The number of carbonyl (C=O) groups is 1. The molecule has 1 aromatic carbocycles. The number of rotatable bonds is 8. The van der Waals surface area contributed by atoms with E-state index in [-0.39, 0.29) is 11.2 Å². The first kappa shape index (κ1) is 23.3. The van der Waals surface area contributed by atoms with Crippen molar-refractivity contribution in [1.29, 1.82) is 0 Å². The molecule has 4 rings (SSSR count). The van der Waals surface area contributed by atoms with E-state index in [4.69, 9.17) is 4.74 Å². The maximum Gasteiger partial charge on any atom is 0.235 e. The summed E-state index contributed by atoms with van der Waals surface area (Å²) in [6.07, 6.45) is 9.33. The molecule has 3 aromatic rings. The lowest BCUT2D eigenvalue weighted by Crippen LogP contribution is -2.42. The number of hydrogen-bond acceptors (Lipinski definition) is 6. The van der Waals surface area contributed by atoms with E-state index in [0.29, 0.717) is 23.6 Å². The van der Waals surface area contributed by atoms with Gasteiger partial charge in [-0.3, -0.25) is 14.3 Å². The van der Waals surface area contributed by atoms with Gasteiger partial charge in [-0.1, -0.05) is 31.0 Å². The van der Waals surface area contributed by atoms with Crippen molar-refractivity contribution in [2.24, 2.45) is 0 Å². The van der Waals surface area contributed by atoms with Crippen LogP contribution in [-0.2, 0) is 4.79 Å². The zero-order valence-corrected chi connectivity index (χ0v) is 20.3. The van der Waals surface area contributed by atoms with Crippen LogP contribution in [0.25, 0.3) is 17.1 Å². The summed E-state index contributed by atoms with van der Waals surface area (Å²) in [5.74, 6) is 1.66. The van der Waals surface area contributed by atoms with Crippen molar-refractivity contribution in [1.82, 2.24) is 24.6 Å². The number of ether oxygens (including phenoxy) is 1. The molecule has 1 saturated carbocycles. The Kier molecular flexibility index (Phi) is 7.65. The van der Waals surface area contributed by atoms with Gasteiger partial charge in [0.05, 0.1) is 11.9 Å². The molecule has 1 aliphatic carbocycles. The van der Waals surface area contributed by atoms with Crippen LogP contribution >= 0.6 is 11.8 Å². The summed E-state index contributed by atoms with van der Waals surface area (Å²) in [6, 6.07) is 12.0. The molecule has 1 fully saturated rings. The summed E-state index contributed by atoms with van der Waals surface area (Å²) in [5, 5.41) is 9.37. The highest BCUT2D eigenvalue weighted by atomic mass is 32.2. The molecule has 7 nitrogen and oxygen atoms in total. The Labute approximate surface area is 199 Å². The first-order valence-electron chi connectivity index (χ1n) is 11.6. The van der Waals surface area contributed by atoms with Gasteiger partial charge in [-0.15, -0.1) is 10.2 Å². The molecule has 8 heteroatoms. The highest BCUT2D eigenvalue weighted by Crippen LogP contribution is 2.32. The molecule has 174 valence electrons. The van der Waals surface area contributed by atoms with Crippen molar-refractivity contribution in [2.45, 2.75) is 62.4 Å². The van der Waals surface area contributed by atoms with Crippen LogP contribution in [0.15, 0.2) is 53.9 Å². The zero-order valence-electron chi connectivity index (χ0n) is 19.5. The van der Waals surface area contributed by atoms with E-state index in [9.17, 15) is 4.79 Å². The Morgan fingerprint density at radius 2 is 1.82 bits per heavy atom. The van der Waals surface area contributed by atoms with E-state index in [1.165, 1.54) is 31.0 Å². The molecular weight excluding hydrogens is 434 g/mol. The monoisotopic (exact) mass is 465 g/mol. The molecule has 33 heavy (non-hydrogen) atoms. The Bertz CT molecular complexity index is 1050. The van der Waals surface area contributed by atoms with Crippen molar-refractivity contribution in [3.8, 4) is 22.8 Å². The molecule has 1 amide bonds. The van der Waals surface area contributed by atoms with Crippen LogP contribution in [0.1, 0.15) is 46.0 Å². The standard InChI is InChI=1S/C25H31N5O2S/c1-4-32-22-12-10-21(11-13-22)30-23(19-14-16-26-17-15-19)27-28-25(30)33-18(2)24(31)29(3)20-8-6-5-7-9-20/h10-18,20H,4-9H2,1-3H3. The fourth-order valence-electron chi connectivity index (χ4n) is 4.27. The molecule has 0 N–H and O–H groups in total. The molecule has 0 aliphatic heterocycles. The van der Waals surface area contributed by atoms with Gasteiger partial charge >= 0.3 is 0 Å². The van der Waals surface area contributed by atoms with Gasteiger partial charge in [0.2, 0.25) is 5.91 Å². The molecule has 0 bridgehead atoms. The van der Waals surface area contributed by atoms with Crippen LogP contribution in [0.2, 0.25) is 0 Å². The maximum atomic E-state index is 13.2. The fraction of sp³-hybridized carbons (Fsp3) is 0.440. The molecule has 1 unspecified atom stereocenters. The van der Waals surface area contributed by atoms with Crippen molar-refractivity contribution in [3.63, 3.8) is 0 Å². The summed E-state index contributed by atoms with van der Waals surface area (Å²) in [5.41, 5.74) is 1.83. The number of benzene rings is 1. The van der Waals surface area contributed by atoms with Crippen molar-refractivity contribution in [2.75, 3.05) is 13.7 Å². The second-order valence-electron chi connectivity index (χ2n) is 8.31. The van der Waals surface area contributed by atoms with E-state index < -0.39 is 0 Å². The number of thioether (sulfide) groups is 1. The van der Waals surface area contributed by atoms with Crippen LogP contribution in [0.5, 0.6) is 5.75 Å². The molecule has 1 atom stereocenters. The third-order valence-corrected chi connectivity index (χ3v) is 7.11. The van der Waals surface area contributed by atoms with Crippen LogP contribution in [0.3, 0.4) is 0 Å². The predicted molar refractivity (Wildman–Crippen MR) is 131 cm³/mol. The van der Waals surface area contributed by atoms with Crippen molar-refractivity contribution >= 4 is 17.7 Å². The second-order valence-corrected chi connectivity index (χ2v) is 9.61. The second kappa shape index (κ2) is 10.8. The van der Waals surface area contributed by atoms with Gasteiger partial charge in [-0.25, -0.2) is 0 Å². The number of carbonyl (C=O) groups excluding carboxylic acids is 1. The largest absolute Gasteiger partial charge is 0.494 e. The quantitative estimate of drug-likeness (QED) is 0.436. The van der Waals surface area contributed by atoms with Gasteiger partial charge in [0.25, 0.3) is 0 Å². The number of pyridine rings is 1. The number of hydrogen-bond donors (Lipinski definition) is 0. The summed E-state index contributed by atoms with van der Waals surface area (Å²) in [6.45, 7) is 4.53. The molecule has 1 aliphatic rings. The molecular formula is C25H31N5O2S. The van der Waals surface area contributed by atoms with E-state index >= 15 is 0 Å². The van der Waals surface area contributed by atoms with E-state index in [1.54, 1.807) is 12.4 Å². The lowest BCUT2D eigenvalue weighted by atomic mass is 9.94. The van der Waals surface area contributed by atoms with Crippen LogP contribution in [0.4, 0.5) is 0 Å². The van der Waals surface area contributed by atoms with Crippen molar-refractivity contribution in [3.05, 3.63) is 48.8 Å². The normalized spacial score (nSPS) is 15.2. The van der Waals surface area contributed by atoms with Crippen LogP contribution < -0.4 is 4.74 Å². The van der Waals surface area contributed by atoms with Crippen LogP contribution in [-0.4, -0.2) is 55.5 Å². The first-order valence-corrected chi connectivity index (χ1v) is 12.5. The van der Waals surface area contributed by atoms with Gasteiger partial charge < -0.3 is 9.64 Å². The minimum atomic E-state index is -0.270. The van der Waals surface area contributed by atoms with E-state index in [1.807, 2.05) is 66.8 Å². The SMILES string of the molecule is CCOc1ccc(-n2c(SC(C)C(=O)N(C)C3CCCCC3)nnc2-c2ccncc2)cc1. The molecule has 0 saturated heterocycles. The smallest absolute Gasteiger partial charge is 0.235 e. The minimum absolute atomic E-state index is 0.138. The van der Waals surface area contributed by atoms with Gasteiger partial charge in [-0.2, -0.15) is 0 Å². The minimum Gasteiger partial charge on any atom is -0.494 e. The Morgan fingerprint density at radius 1 is 1.12 bits per heavy atom. The zero-order chi connectivity index (χ0) is 23.2. The predicted octanol–water partition coefficient (Wildman–Crippen LogP) is 5.00. The third kappa shape index (κ3) is 5.38. The topological polar surface area (TPSA) is 73.1 Å². The number of aromatic nitrogens is 4. The summed E-state index contributed by atoms with van der Waals surface area (Å²) in [7, 11) is 1.94. The van der Waals surface area contributed by atoms with Gasteiger partial charge in [0.1, 0.15) is 5.75 Å². The summed E-state index contributed by atoms with van der Waals surface area (Å²) in [4.78, 5) is 19.3. The molecule has 0 spiro atoms. The summed E-state index contributed by atoms with van der Waals surface area (Å²) >= 11 is 1.45. The Balaban J connectivity index is 1.62. The lowest BCUT2D eigenvalue weighted by molar-refractivity contribution is -0.131. The van der Waals surface area contributed by atoms with Crippen LogP contribution in [0, 0.1) is 0 Å². The molecule has 2 aromatic heterocycles. The fourth-order valence-corrected chi connectivity index (χ4v) is 5.24. The van der Waals surface area contributed by atoms with E-state index in [0.717, 1.165) is 29.8 Å². The van der Waals surface area contributed by atoms with Gasteiger partial charge in [0, 0.05) is 36.7 Å². The summed E-state index contributed by atoms with van der Waals surface area (Å²) < 4.78 is 7.60. The lowest BCUT2D eigenvalue weighted by Gasteiger charge is -2.32.